The molecule has 0 saturated heterocycles. The third-order valence-corrected chi connectivity index (χ3v) is 2.45. The Kier molecular flexibility index (Phi) is 3.23. The molecule has 0 aliphatic rings. The standard InChI is InChI=1S/C13H11FN2O2/c1-18-13(17)12-11(15)6-9(7-16-12)8-3-2-4-10(14)5-8/h2-7H,15H2,1H3. The number of benzene rings is 1. The van der Waals surface area contributed by atoms with Crippen molar-refractivity contribution in [2.75, 3.05) is 12.8 Å². The number of halogens is 1. The van der Waals surface area contributed by atoms with Gasteiger partial charge in [0.2, 0.25) is 0 Å². The lowest BCUT2D eigenvalue weighted by atomic mass is 10.1. The number of rotatable bonds is 2. The predicted octanol–water partition coefficient (Wildman–Crippen LogP) is 2.26. The van der Waals surface area contributed by atoms with Crippen LogP contribution in [0.15, 0.2) is 36.5 Å². The van der Waals surface area contributed by atoms with Crippen LogP contribution < -0.4 is 5.73 Å². The molecule has 5 heteroatoms. The monoisotopic (exact) mass is 246 g/mol. The maximum absolute atomic E-state index is 13.1. The van der Waals surface area contributed by atoms with Crippen molar-refractivity contribution in [3.8, 4) is 11.1 Å². The molecular formula is C13H11FN2O2. The first-order valence-electron chi connectivity index (χ1n) is 5.21. The van der Waals surface area contributed by atoms with Crippen LogP contribution in [0.1, 0.15) is 10.5 Å². The third kappa shape index (κ3) is 2.29. The molecule has 1 aromatic heterocycles. The SMILES string of the molecule is COC(=O)c1ncc(-c2cccc(F)c2)cc1N. The third-order valence-electron chi connectivity index (χ3n) is 2.45. The molecule has 0 unspecified atom stereocenters. The molecule has 0 bridgehead atoms. The number of carbonyl (C=O) groups is 1. The number of hydrogen-bond acceptors (Lipinski definition) is 4. The quantitative estimate of drug-likeness (QED) is 0.825. The second-order valence-electron chi connectivity index (χ2n) is 3.66. The number of ether oxygens (including phenoxy) is 1. The molecule has 2 N–H and O–H groups in total. The summed E-state index contributed by atoms with van der Waals surface area (Å²) in [5.74, 6) is -0.943. The van der Waals surface area contributed by atoms with E-state index in [1.165, 1.54) is 25.4 Å². The van der Waals surface area contributed by atoms with Crippen LogP contribution in [0.25, 0.3) is 11.1 Å². The van der Waals surface area contributed by atoms with Gasteiger partial charge in [0.1, 0.15) is 5.82 Å². The average Bonchev–Trinajstić information content (AvgIpc) is 2.37. The normalized spacial score (nSPS) is 10.1. The Bertz CT molecular complexity index is 599. The van der Waals surface area contributed by atoms with Gasteiger partial charge in [0, 0.05) is 11.8 Å². The van der Waals surface area contributed by atoms with Crippen molar-refractivity contribution in [2.45, 2.75) is 0 Å². The van der Waals surface area contributed by atoms with E-state index in [-0.39, 0.29) is 17.2 Å². The zero-order valence-corrected chi connectivity index (χ0v) is 9.68. The number of methoxy groups -OCH3 is 1. The minimum atomic E-state index is -0.599. The predicted molar refractivity (Wildman–Crippen MR) is 65.4 cm³/mol. The van der Waals surface area contributed by atoms with Gasteiger partial charge >= 0.3 is 5.97 Å². The highest BCUT2D eigenvalue weighted by Gasteiger charge is 2.12. The number of nitrogen functional groups attached to an aromatic ring is 1. The fourth-order valence-corrected chi connectivity index (χ4v) is 1.57. The topological polar surface area (TPSA) is 65.2 Å². The second kappa shape index (κ2) is 4.83. The van der Waals surface area contributed by atoms with Gasteiger partial charge in [-0.2, -0.15) is 0 Å². The van der Waals surface area contributed by atoms with E-state index in [0.717, 1.165) is 0 Å². The number of hydrogen-bond donors (Lipinski definition) is 1. The lowest BCUT2D eigenvalue weighted by Crippen LogP contribution is -2.08. The van der Waals surface area contributed by atoms with Gasteiger partial charge in [0.25, 0.3) is 0 Å². The summed E-state index contributed by atoms with van der Waals surface area (Å²) in [6, 6.07) is 7.61. The molecule has 0 saturated carbocycles. The summed E-state index contributed by atoms with van der Waals surface area (Å²) in [5, 5.41) is 0. The van der Waals surface area contributed by atoms with Gasteiger partial charge in [-0.1, -0.05) is 12.1 Å². The molecule has 92 valence electrons. The molecule has 0 radical (unpaired) electrons. The maximum Gasteiger partial charge on any atom is 0.358 e. The molecule has 1 aromatic carbocycles. The van der Waals surface area contributed by atoms with Gasteiger partial charge in [0.15, 0.2) is 5.69 Å². The van der Waals surface area contributed by atoms with Crippen molar-refractivity contribution in [1.82, 2.24) is 4.98 Å². The molecule has 2 aromatic rings. The van der Waals surface area contributed by atoms with Crippen molar-refractivity contribution < 1.29 is 13.9 Å². The van der Waals surface area contributed by atoms with E-state index >= 15 is 0 Å². The molecule has 2 rings (SSSR count). The van der Waals surface area contributed by atoms with Gasteiger partial charge in [0.05, 0.1) is 12.8 Å². The average molecular weight is 246 g/mol. The number of nitrogens with two attached hydrogens (primary N) is 1. The highest BCUT2D eigenvalue weighted by atomic mass is 19.1. The van der Waals surface area contributed by atoms with Crippen LogP contribution in [0.2, 0.25) is 0 Å². The second-order valence-corrected chi connectivity index (χ2v) is 3.66. The van der Waals surface area contributed by atoms with Crippen molar-refractivity contribution in [3.05, 3.63) is 48.0 Å². The van der Waals surface area contributed by atoms with Crippen LogP contribution in [0, 0.1) is 5.82 Å². The molecule has 18 heavy (non-hydrogen) atoms. The largest absolute Gasteiger partial charge is 0.464 e. The maximum atomic E-state index is 13.1. The van der Waals surface area contributed by atoms with E-state index in [9.17, 15) is 9.18 Å². The van der Waals surface area contributed by atoms with E-state index in [1.54, 1.807) is 18.2 Å². The van der Waals surface area contributed by atoms with Crippen LogP contribution in [-0.2, 0) is 4.74 Å². The minimum Gasteiger partial charge on any atom is -0.464 e. The van der Waals surface area contributed by atoms with Crippen molar-refractivity contribution in [3.63, 3.8) is 0 Å². The Morgan fingerprint density at radius 1 is 1.33 bits per heavy atom. The van der Waals surface area contributed by atoms with E-state index in [4.69, 9.17) is 5.73 Å². The minimum absolute atomic E-state index is 0.0534. The Morgan fingerprint density at radius 2 is 2.11 bits per heavy atom. The molecule has 1 heterocycles. The van der Waals surface area contributed by atoms with Crippen LogP contribution >= 0.6 is 0 Å². The molecule has 0 spiro atoms. The van der Waals surface area contributed by atoms with Crippen molar-refractivity contribution in [1.29, 1.82) is 0 Å². The zero-order chi connectivity index (χ0) is 13.1. The van der Waals surface area contributed by atoms with Gasteiger partial charge in [-0.25, -0.2) is 14.2 Å². The fraction of sp³-hybridized carbons (Fsp3) is 0.0769. The lowest BCUT2D eigenvalue weighted by Gasteiger charge is -2.06. The van der Waals surface area contributed by atoms with E-state index in [2.05, 4.69) is 9.72 Å². The summed E-state index contributed by atoms with van der Waals surface area (Å²) in [7, 11) is 1.25. The number of carbonyl (C=O) groups excluding carboxylic acids is 1. The lowest BCUT2D eigenvalue weighted by molar-refractivity contribution is 0.0595. The van der Waals surface area contributed by atoms with E-state index in [0.29, 0.717) is 11.1 Å². The van der Waals surface area contributed by atoms with Crippen molar-refractivity contribution in [2.24, 2.45) is 0 Å². The Balaban J connectivity index is 2.43. The number of anilines is 1. The summed E-state index contributed by atoms with van der Waals surface area (Å²) in [5.41, 5.74) is 7.25. The number of pyridine rings is 1. The van der Waals surface area contributed by atoms with Gasteiger partial charge < -0.3 is 10.5 Å². The summed E-state index contributed by atoms with van der Waals surface area (Å²) in [6.07, 6.45) is 1.46. The Morgan fingerprint density at radius 3 is 2.72 bits per heavy atom. The molecular weight excluding hydrogens is 235 g/mol. The molecule has 0 amide bonds. The molecule has 4 nitrogen and oxygen atoms in total. The molecule has 0 aliphatic heterocycles. The highest BCUT2D eigenvalue weighted by Crippen LogP contribution is 2.23. The number of aromatic nitrogens is 1. The summed E-state index contributed by atoms with van der Waals surface area (Å²) in [4.78, 5) is 15.2. The van der Waals surface area contributed by atoms with Crippen LogP contribution in [-0.4, -0.2) is 18.1 Å². The first kappa shape index (κ1) is 12.0. The van der Waals surface area contributed by atoms with Gasteiger partial charge in [-0.3, -0.25) is 0 Å². The summed E-state index contributed by atoms with van der Waals surface area (Å²) >= 11 is 0. The summed E-state index contributed by atoms with van der Waals surface area (Å²) < 4.78 is 17.6. The first-order chi connectivity index (χ1) is 8.61. The smallest absolute Gasteiger partial charge is 0.358 e. The molecule has 0 aliphatic carbocycles. The fourth-order valence-electron chi connectivity index (χ4n) is 1.57. The summed E-state index contributed by atoms with van der Waals surface area (Å²) in [6.45, 7) is 0. The zero-order valence-electron chi connectivity index (χ0n) is 9.68. The Hall–Kier alpha value is -2.43. The van der Waals surface area contributed by atoms with E-state index in [1.807, 2.05) is 0 Å². The van der Waals surface area contributed by atoms with Crippen LogP contribution in [0.5, 0.6) is 0 Å². The Labute approximate surface area is 103 Å². The van der Waals surface area contributed by atoms with Gasteiger partial charge in [-0.05, 0) is 23.8 Å². The molecule has 0 fully saturated rings. The highest BCUT2D eigenvalue weighted by molar-refractivity contribution is 5.93. The van der Waals surface area contributed by atoms with Crippen molar-refractivity contribution >= 4 is 11.7 Å². The molecule has 0 atom stereocenters. The van der Waals surface area contributed by atoms with Crippen LogP contribution in [0.4, 0.5) is 10.1 Å². The first-order valence-corrected chi connectivity index (χ1v) is 5.21. The van der Waals surface area contributed by atoms with E-state index < -0.39 is 5.97 Å². The van der Waals surface area contributed by atoms with Gasteiger partial charge in [-0.15, -0.1) is 0 Å². The number of nitrogens with zero attached hydrogens (tertiary/aromatic N) is 1. The number of esters is 1. The van der Waals surface area contributed by atoms with Crippen LogP contribution in [0.3, 0.4) is 0 Å².